The number of anilines is 1. The summed E-state index contributed by atoms with van der Waals surface area (Å²) in [6, 6.07) is 8.57. The standard InChI is InChI=1S/C19H30N4O2/c1-3-21-8-10-23(11-9-21)19(24)20-16(2)17-4-6-18(7-5-17)22-12-14-25-15-13-22/h4-7,16H,3,8-15H2,1-2H3,(H,20,24). The Morgan fingerprint density at radius 3 is 2.32 bits per heavy atom. The Labute approximate surface area is 150 Å². The zero-order valence-electron chi connectivity index (χ0n) is 15.4. The van der Waals surface area contributed by atoms with E-state index in [0.29, 0.717) is 0 Å². The van der Waals surface area contributed by atoms with Gasteiger partial charge in [0.15, 0.2) is 0 Å². The van der Waals surface area contributed by atoms with Crippen molar-refractivity contribution < 1.29 is 9.53 Å². The average Bonchev–Trinajstić information content (AvgIpc) is 2.68. The third-order valence-corrected chi connectivity index (χ3v) is 5.22. The average molecular weight is 346 g/mol. The number of carbonyl (C=O) groups is 1. The van der Waals surface area contributed by atoms with Crippen molar-refractivity contribution in [2.24, 2.45) is 0 Å². The molecule has 0 bridgehead atoms. The van der Waals surface area contributed by atoms with Gasteiger partial charge in [-0.15, -0.1) is 0 Å². The Hall–Kier alpha value is -1.79. The smallest absolute Gasteiger partial charge is 0.317 e. The van der Waals surface area contributed by atoms with Crippen molar-refractivity contribution in [2.45, 2.75) is 19.9 Å². The number of piperazine rings is 1. The first kappa shape index (κ1) is 18.0. The number of ether oxygens (including phenoxy) is 1. The van der Waals surface area contributed by atoms with Gasteiger partial charge in [0, 0.05) is 45.0 Å². The molecule has 2 aliphatic rings. The maximum absolute atomic E-state index is 12.5. The first-order valence-electron chi connectivity index (χ1n) is 9.38. The summed E-state index contributed by atoms with van der Waals surface area (Å²) in [5, 5.41) is 3.13. The van der Waals surface area contributed by atoms with Crippen LogP contribution >= 0.6 is 0 Å². The molecule has 1 N–H and O–H groups in total. The number of carbonyl (C=O) groups excluding carboxylic acids is 1. The first-order chi connectivity index (χ1) is 12.2. The Balaban J connectivity index is 1.52. The molecule has 1 unspecified atom stereocenters. The molecule has 3 rings (SSSR count). The van der Waals surface area contributed by atoms with Gasteiger partial charge in [0.05, 0.1) is 19.3 Å². The summed E-state index contributed by atoms with van der Waals surface area (Å²) in [6.07, 6.45) is 0. The summed E-state index contributed by atoms with van der Waals surface area (Å²) in [7, 11) is 0. The second kappa shape index (κ2) is 8.54. The number of nitrogens with one attached hydrogen (secondary N) is 1. The van der Waals surface area contributed by atoms with Crippen LogP contribution in [0.4, 0.5) is 10.5 Å². The Morgan fingerprint density at radius 1 is 1.08 bits per heavy atom. The van der Waals surface area contributed by atoms with Gasteiger partial charge in [-0.05, 0) is 31.2 Å². The summed E-state index contributed by atoms with van der Waals surface area (Å²) in [6.45, 7) is 12.3. The zero-order valence-corrected chi connectivity index (χ0v) is 15.4. The predicted molar refractivity (Wildman–Crippen MR) is 100 cm³/mol. The van der Waals surface area contributed by atoms with Gasteiger partial charge in [0.25, 0.3) is 0 Å². The molecular weight excluding hydrogens is 316 g/mol. The molecule has 0 spiro atoms. The molecule has 2 amide bonds. The van der Waals surface area contributed by atoms with Crippen molar-refractivity contribution in [1.82, 2.24) is 15.1 Å². The fourth-order valence-corrected chi connectivity index (χ4v) is 3.42. The van der Waals surface area contributed by atoms with Gasteiger partial charge >= 0.3 is 6.03 Å². The van der Waals surface area contributed by atoms with Gasteiger partial charge < -0.3 is 24.8 Å². The quantitative estimate of drug-likeness (QED) is 0.905. The minimum absolute atomic E-state index is 0.00967. The van der Waals surface area contributed by atoms with Crippen molar-refractivity contribution in [2.75, 3.05) is 63.9 Å². The molecule has 6 heteroatoms. The van der Waals surface area contributed by atoms with Crippen LogP contribution in [0.2, 0.25) is 0 Å². The molecule has 2 aliphatic heterocycles. The number of rotatable bonds is 4. The maximum atomic E-state index is 12.5. The van der Waals surface area contributed by atoms with E-state index in [0.717, 1.165) is 64.6 Å². The third-order valence-electron chi connectivity index (χ3n) is 5.22. The predicted octanol–water partition coefficient (Wildman–Crippen LogP) is 1.93. The highest BCUT2D eigenvalue weighted by Gasteiger charge is 2.21. The molecule has 138 valence electrons. The number of hydrogen-bond donors (Lipinski definition) is 1. The first-order valence-corrected chi connectivity index (χ1v) is 9.38. The van der Waals surface area contributed by atoms with E-state index < -0.39 is 0 Å². The molecule has 0 saturated carbocycles. The van der Waals surface area contributed by atoms with Crippen LogP contribution in [-0.4, -0.2) is 74.9 Å². The molecule has 0 aliphatic carbocycles. The number of hydrogen-bond acceptors (Lipinski definition) is 4. The van der Waals surface area contributed by atoms with Crippen LogP contribution < -0.4 is 10.2 Å². The van der Waals surface area contributed by atoms with Gasteiger partial charge in [-0.1, -0.05) is 19.1 Å². The maximum Gasteiger partial charge on any atom is 0.317 e. The van der Waals surface area contributed by atoms with Gasteiger partial charge in [-0.3, -0.25) is 0 Å². The summed E-state index contributed by atoms with van der Waals surface area (Å²) < 4.78 is 5.40. The fourth-order valence-electron chi connectivity index (χ4n) is 3.42. The molecule has 1 aromatic carbocycles. The lowest BCUT2D eigenvalue weighted by atomic mass is 10.1. The molecule has 2 saturated heterocycles. The largest absolute Gasteiger partial charge is 0.378 e. The van der Waals surface area contributed by atoms with Crippen LogP contribution in [-0.2, 0) is 4.74 Å². The Kier molecular flexibility index (Phi) is 6.15. The molecule has 0 radical (unpaired) electrons. The van der Waals surface area contributed by atoms with Crippen LogP contribution in [0, 0.1) is 0 Å². The molecule has 1 atom stereocenters. The number of morpholine rings is 1. The summed E-state index contributed by atoms with van der Waals surface area (Å²) in [5.74, 6) is 0. The molecular formula is C19H30N4O2. The fraction of sp³-hybridized carbons (Fsp3) is 0.632. The van der Waals surface area contributed by atoms with Crippen LogP contribution in [0.25, 0.3) is 0 Å². The lowest BCUT2D eigenvalue weighted by molar-refractivity contribution is 0.122. The number of benzene rings is 1. The molecule has 1 aromatic rings. The van der Waals surface area contributed by atoms with Crippen molar-refractivity contribution in [1.29, 1.82) is 0 Å². The van der Waals surface area contributed by atoms with E-state index in [9.17, 15) is 4.79 Å². The van der Waals surface area contributed by atoms with E-state index in [2.05, 4.69) is 46.3 Å². The topological polar surface area (TPSA) is 48.0 Å². The zero-order chi connectivity index (χ0) is 17.6. The van der Waals surface area contributed by atoms with Gasteiger partial charge in [-0.25, -0.2) is 4.79 Å². The highest BCUT2D eigenvalue weighted by atomic mass is 16.5. The van der Waals surface area contributed by atoms with Crippen molar-refractivity contribution >= 4 is 11.7 Å². The van der Waals surface area contributed by atoms with Crippen molar-refractivity contribution in [3.05, 3.63) is 29.8 Å². The lowest BCUT2D eigenvalue weighted by Gasteiger charge is -2.34. The highest BCUT2D eigenvalue weighted by Crippen LogP contribution is 2.20. The van der Waals surface area contributed by atoms with E-state index in [4.69, 9.17) is 4.74 Å². The lowest BCUT2D eigenvalue weighted by Crippen LogP contribution is -2.51. The molecule has 0 aromatic heterocycles. The highest BCUT2D eigenvalue weighted by molar-refractivity contribution is 5.74. The van der Waals surface area contributed by atoms with Crippen LogP contribution in [0.5, 0.6) is 0 Å². The molecule has 6 nitrogen and oxygen atoms in total. The van der Waals surface area contributed by atoms with Crippen LogP contribution in [0.3, 0.4) is 0 Å². The summed E-state index contributed by atoms with van der Waals surface area (Å²) in [5.41, 5.74) is 2.36. The minimum Gasteiger partial charge on any atom is -0.378 e. The van der Waals surface area contributed by atoms with E-state index in [1.165, 1.54) is 5.69 Å². The van der Waals surface area contributed by atoms with Crippen LogP contribution in [0.1, 0.15) is 25.5 Å². The molecule has 2 fully saturated rings. The summed E-state index contributed by atoms with van der Waals surface area (Å²) in [4.78, 5) is 19.1. The Bertz CT molecular complexity index is 549. The van der Waals surface area contributed by atoms with Crippen molar-refractivity contribution in [3.63, 3.8) is 0 Å². The third kappa shape index (κ3) is 4.64. The summed E-state index contributed by atoms with van der Waals surface area (Å²) >= 11 is 0. The second-order valence-corrected chi connectivity index (χ2v) is 6.78. The second-order valence-electron chi connectivity index (χ2n) is 6.78. The monoisotopic (exact) mass is 346 g/mol. The number of likely N-dealkylation sites (N-methyl/N-ethyl adjacent to an activating group) is 1. The minimum atomic E-state index is 0.00967. The van der Waals surface area contributed by atoms with Gasteiger partial charge in [0.1, 0.15) is 0 Å². The Morgan fingerprint density at radius 2 is 1.72 bits per heavy atom. The number of nitrogens with zero attached hydrogens (tertiary/aromatic N) is 3. The SMILES string of the molecule is CCN1CCN(C(=O)NC(C)c2ccc(N3CCOCC3)cc2)CC1. The van der Waals surface area contributed by atoms with E-state index in [-0.39, 0.29) is 12.1 Å². The number of amides is 2. The van der Waals surface area contributed by atoms with Gasteiger partial charge in [-0.2, -0.15) is 0 Å². The van der Waals surface area contributed by atoms with Crippen molar-refractivity contribution in [3.8, 4) is 0 Å². The normalized spacial score (nSPS) is 20.4. The molecule has 25 heavy (non-hydrogen) atoms. The number of urea groups is 1. The van der Waals surface area contributed by atoms with E-state index in [1.54, 1.807) is 0 Å². The van der Waals surface area contributed by atoms with E-state index >= 15 is 0 Å². The van der Waals surface area contributed by atoms with E-state index in [1.807, 2.05) is 11.8 Å². The van der Waals surface area contributed by atoms with Gasteiger partial charge in [0.2, 0.25) is 0 Å². The molecule has 2 heterocycles. The van der Waals surface area contributed by atoms with Crippen LogP contribution in [0.15, 0.2) is 24.3 Å².